The Bertz CT molecular complexity index is 331. The normalized spacial score (nSPS) is 19.5. The van der Waals surface area contributed by atoms with Gasteiger partial charge in [-0.3, -0.25) is 0 Å². The number of hydrogen-bond donors (Lipinski definition) is 1. The second-order valence-corrected chi connectivity index (χ2v) is 4.69. The van der Waals surface area contributed by atoms with Crippen molar-refractivity contribution in [2.24, 2.45) is 5.73 Å². The Hall–Kier alpha value is -1.06. The number of aryl methyl sites for hydroxylation is 1. The zero-order chi connectivity index (χ0) is 12.1. The van der Waals surface area contributed by atoms with Gasteiger partial charge in [-0.25, -0.2) is 0 Å². The Morgan fingerprint density at radius 2 is 2.12 bits per heavy atom. The number of nitrogens with zero attached hydrogens (tertiary/aromatic N) is 1. The van der Waals surface area contributed by atoms with Crippen LogP contribution in [0.5, 0.6) is 0 Å². The van der Waals surface area contributed by atoms with E-state index in [1.807, 2.05) is 0 Å². The number of anilines is 1. The third-order valence-corrected chi connectivity index (χ3v) is 3.32. The van der Waals surface area contributed by atoms with E-state index in [4.69, 9.17) is 10.5 Å². The largest absolute Gasteiger partial charge is 0.379 e. The maximum Gasteiger partial charge on any atom is 0.0670 e. The van der Waals surface area contributed by atoms with E-state index in [0.717, 1.165) is 39.1 Å². The molecule has 1 aromatic carbocycles. The maximum absolute atomic E-state index is 5.62. The van der Waals surface area contributed by atoms with Crippen LogP contribution in [0.4, 0.5) is 5.69 Å². The minimum atomic E-state index is 0.518. The first-order valence-corrected chi connectivity index (χ1v) is 6.42. The molecule has 0 saturated carbocycles. The summed E-state index contributed by atoms with van der Waals surface area (Å²) in [6.45, 7) is 5.62. The summed E-state index contributed by atoms with van der Waals surface area (Å²) in [7, 11) is 0. The van der Waals surface area contributed by atoms with Gasteiger partial charge in [-0.15, -0.1) is 0 Å². The lowest BCUT2D eigenvalue weighted by Gasteiger charge is -2.30. The highest BCUT2D eigenvalue weighted by molar-refractivity contribution is 5.48. The zero-order valence-corrected chi connectivity index (χ0v) is 10.6. The first kappa shape index (κ1) is 12.4. The molecule has 1 saturated heterocycles. The van der Waals surface area contributed by atoms with Crippen LogP contribution in [-0.2, 0) is 4.74 Å². The van der Waals surface area contributed by atoms with Crippen molar-refractivity contribution in [2.75, 3.05) is 31.2 Å². The van der Waals surface area contributed by atoms with E-state index in [1.165, 1.54) is 11.3 Å². The summed E-state index contributed by atoms with van der Waals surface area (Å²) in [6.07, 6.45) is 2.16. The molecule has 3 nitrogen and oxygen atoms in total. The minimum absolute atomic E-state index is 0.518. The molecular formula is C14H22N2O. The monoisotopic (exact) mass is 234 g/mol. The molecular weight excluding hydrogens is 212 g/mol. The summed E-state index contributed by atoms with van der Waals surface area (Å²) in [6, 6.07) is 9.25. The van der Waals surface area contributed by atoms with Crippen molar-refractivity contribution < 1.29 is 4.74 Å². The van der Waals surface area contributed by atoms with Crippen LogP contribution in [0.1, 0.15) is 18.4 Å². The summed E-state index contributed by atoms with van der Waals surface area (Å²) in [4.78, 5) is 2.44. The van der Waals surface area contributed by atoms with Gasteiger partial charge in [0.15, 0.2) is 0 Å². The van der Waals surface area contributed by atoms with Crippen LogP contribution in [0.15, 0.2) is 24.3 Å². The molecule has 2 rings (SSSR count). The van der Waals surface area contributed by atoms with Crippen molar-refractivity contribution in [1.29, 1.82) is 0 Å². The maximum atomic E-state index is 5.62. The standard InChI is InChI=1S/C14H22N2O/c1-12-3-5-13(6-4-12)16(9-2-8-15)14-7-10-17-11-14/h3-6,14H,2,7-11,15H2,1H3. The molecule has 0 radical (unpaired) electrons. The summed E-state index contributed by atoms with van der Waals surface area (Å²) in [5, 5.41) is 0. The molecule has 0 amide bonds. The van der Waals surface area contributed by atoms with Crippen molar-refractivity contribution in [1.82, 2.24) is 0 Å². The fourth-order valence-corrected chi connectivity index (χ4v) is 2.29. The molecule has 3 heteroatoms. The number of ether oxygens (including phenoxy) is 1. The lowest BCUT2D eigenvalue weighted by atomic mass is 10.1. The predicted octanol–water partition coefficient (Wildman–Crippen LogP) is 1.94. The van der Waals surface area contributed by atoms with Crippen LogP contribution < -0.4 is 10.6 Å². The van der Waals surface area contributed by atoms with E-state index in [9.17, 15) is 0 Å². The van der Waals surface area contributed by atoms with E-state index in [-0.39, 0.29) is 0 Å². The van der Waals surface area contributed by atoms with Crippen LogP contribution in [0, 0.1) is 6.92 Å². The Kier molecular flexibility index (Phi) is 4.40. The van der Waals surface area contributed by atoms with Gasteiger partial charge in [0.1, 0.15) is 0 Å². The highest BCUT2D eigenvalue weighted by Crippen LogP contribution is 2.22. The second kappa shape index (κ2) is 6.03. The fourth-order valence-electron chi connectivity index (χ4n) is 2.29. The first-order valence-electron chi connectivity index (χ1n) is 6.42. The van der Waals surface area contributed by atoms with Gasteiger partial charge in [0, 0.05) is 18.8 Å². The van der Waals surface area contributed by atoms with Crippen LogP contribution in [0.2, 0.25) is 0 Å². The molecule has 17 heavy (non-hydrogen) atoms. The van der Waals surface area contributed by atoms with Crippen LogP contribution in [0.3, 0.4) is 0 Å². The van der Waals surface area contributed by atoms with Crippen LogP contribution in [-0.4, -0.2) is 32.3 Å². The fraction of sp³-hybridized carbons (Fsp3) is 0.571. The van der Waals surface area contributed by atoms with E-state index >= 15 is 0 Å². The van der Waals surface area contributed by atoms with Gasteiger partial charge in [-0.2, -0.15) is 0 Å². The third kappa shape index (κ3) is 3.20. The van der Waals surface area contributed by atoms with Crippen molar-refractivity contribution in [3.8, 4) is 0 Å². The number of rotatable bonds is 5. The molecule has 0 aliphatic carbocycles. The average Bonchev–Trinajstić information content (AvgIpc) is 2.85. The number of benzene rings is 1. The van der Waals surface area contributed by atoms with Gasteiger partial charge in [0.25, 0.3) is 0 Å². The molecule has 1 aliphatic heterocycles. The van der Waals surface area contributed by atoms with Crippen LogP contribution in [0.25, 0.3) is 0 Å². The second-order valence-electron chi connectivity index (χ2n) is 4.69. The Labute approximate surface area is 104 Å². The molecule has 2 N–H and O–H groups in total. The number of hydrogen-bond acceptors (Lipinski definition) is 3. The topological polar surface area (TPSA) is 38.5 Å². The summed E-state index contributed by atoms with van der Waals surface area (Å²) in [5.74, 6) is 0. The summed E-state index contributed by atoms with van der Waals surface area (Å²) >= 11 is 0. The molecule has 1 fully saturated rings. The van der Waals surface area contributed by atoms with E-state index < -0.39 is 0 Å². The third-order valence-electron chi connectivity index (χ3n) is 3.32. The van der Waals surface area contributed by atoms with E-state index in [0.29, 0.717) is 6.04 Å². The van der Waals surface area contributed by atoms with Gasteiger partial charge in [-0.05, 0) is 38.4 Å². The van der Waals surface area contributed by atoms with Crippen molar-refractivity contribution in [2.45, 2.75) is 25.8 Å². The van der Waals surface area contributed by atoms with Gasteiger partial charge >= 0.3 is 0 Å². The zero-order valence-electron chi connectivity index (χ0n) is 10.6. The van der Waals surface area contributed by atoms with Gasteiger partial charge < -0.3 is 15.4 Å². The Morgan fingerprint density at radius 1 is 1.35 bits per heavy atom. The lowest BCUT2D eigenvalue weighted by molar-refractivity contribution is 0.193. The molecule has 94 valence electrons. The molecule has 1 heterocycles. The predicted molar refractivity (Wildman–Crippen MR) is 71.4 cm³/mol. The Morgan fingerprint density at radius 3 is 2.71 bits per heavy atom. The van der Waals surface area contributed by atoms with Crippen molar-refractivity contribution in [3.05, 3.63) is 29.8 Å². The highest BCUT2D eigenvalue weighted by atomic mass is 16.5. The average molecular weight is 234 g/mol. The molecule has 1 atom stereocenters. The molecule has 1 aromatic rings. The highest BCUT2D eigenvalue weighted by Gasteiger charge is 2.22. The van der Waals surface area contributed by atoms with Crippen molar-refractivity contribution in [3.63, 3.8) is 0 Å². The lowest BCUT2D eigenvalue weighted by Crippen LogP contribution is -2.37. The molecule has 0 spiro atoms. The quantitative estimate of drug-likeness (QED) is 0.846. The SMILES string of the molecule is Cc1ccc(N(CCCN)C2CCOC2)cc1. The van der Waals surface area contributed by atoms with Gasteiger partial charge in [0.05, 0.1) is 12.6 Å². The summed E-state index contributed by atoms with van der Waals surface area (Å²) in [5.41, 5.74) is 8.21. The van der Waals surface area contributed by atoms with E-state index in [1.54, 1.807) is 0 Å². The first-order chi connectivity index (χ1) is 8.31. The van der Waals surface area contributed by atoms with Crippen LogP contribution >= 0.6 is 0 Å². The molecule has 0 aromatic heterocycles. The number of nitrogens with two attached hydrogens (primary N) is 1. The molecule has 0 bridgehead atoms. The molecule has 1 unspecified atom stereocenters. The van der Waals surface area contributed by atoms with Crippen molar-refractivity contribution >= 4 is 5.69 Å². The van der Waals surface area contributed by atoms with Gasteiger partial charge in [-0.1, -0.05) is 17.7 Å². The minimum Gasteiger partial charge on any atom is -0.379 e. The molecule has 1 aliphatic rings. The summed E-state index contributed by atoms with van der Waals surface area (Å²) < 4.78 is 5.49. The van der Waals surface area contributed by atoms with E-state index in [2.05, 4.69) is 36.1 Å². The Balaban J connectivity index is 2.10. The van der Waals surface area contributed by atoms with Gasteiger partial charge in [0.2, 0.25) is 0 Å². The smallest absolute Gasteiger partial charge is 0.0670 e.